The molecule has 0 bridgehead atoms. The number of carbonyl (C=O) groups is 3. The monoisotopic (exact) mass is 258 g/mol. The van der Waals surface area contributed by atoms with Gasteiger partial charge in [0.1, 0.15) is 0 Å². The maximum Gasteiger partial charge on any atom is 0.303 e. The lowest BCUT2D eigenvalue weighted by molar-refractivity contribution is -0.138. The number of hydrogen-bond acceptors (Lipinski definition) is 3. The first-order valence-electron chi connectivity index (χ1n) is 5.89. The molecular weight excluding hydrogens is 236 g/mol. The van der Waals surface area contributed by atoms with Crippen LogP contribution in [0.4, 0.5) is 0 Å². The molecular formula is C12H22N2O4. The Bertz CT molecular complexity index is 321. The van der Waals surface area contributed by atoms with Crippen LogP contribution in [0.5, 0.6) is 0 Å². The molecule has 1 unspecified atom stereocenters. The molecule has 0 saturated heterocycles. The third-order valence-corrected chi connectivity index (χ3v) is 2.02. The molecule has 6 heteroatoms. The molecule has 0 saturated carbocycles. The number of carbonyl (C=O) groups excluding carboxylic acids is 2. The largest absolute Gasteiger partial charge is 0.481 e. The molecule has 0 aromatic carbocycles. The molecule has 0 aliphatic heterocycles. The normalized spacial score (nSPS) is 12.7. The minimum atomic E-state index is -0.930. The van der Waals surface area contributed by atoms with Crippen molar-refractivity contribution in [3.05, 3.63) is 0 Å². The molecule has 2 amide bonds. The van der Waals surface area contributed by atoms with E-state index in [1.165, 1.54) is 0 Å². The van der Waals surface area contributed by atoms with Gasteiger partial charge in [0, 0.05) is 18.4 Å². The van der Waals surface area contributed by atoms with Crippen LogP contribution in [0.15, 0.2) is 0 Å². The lowest BCUT2D eigenvalue weighted by atomic mass is 10.0. The second kappa shape index (κ2) is 6.98. The summed E-state index contributed by atoms with van der Waals surface area (Å²) in [5.74, 6) is -1.75. The number of aliphatic carboxylic acids is 1. The van der Waals surface area contributed by atoms with Crippen molar-refractivity contribution in [2.75, 3.05) is 6.54 Å². The molecule has 0 heterocycles. The van der Waals surface area contributed by atoms with Crippen molar-refractivity contribution < 1.29 is 19.5 Å². The summed E-state index contributed by atoms with van der Waals surface area (Å²) in [4.78, 5) is 33.2. The van der Waals surface area contributed by atoms with E-state index in [-0.39, 0.29) is 42.7 Å². The van der Waals surface area contributed by atoms with Gasteiger partial charge in [-0.05, 0) is 26.7 Å². The third-order valence-electron chi connectivity index (χ3n) is 2.02. The van der Waals surface area contributed by atoms with Crippen LogP contribution < -0.4 is 10.6 Å². The minimum absolute atomic E-state index is 0.0540. The molecule has 6 nitrogen and oxygen atoms in total. The van der Waals surface area contributed by atoms with Crippen molar-refractivity contribution in [2.45, 2.75) is 46.1 Å². The van der Waals surface area contributed by atoms with Gasteiger partial charge >= 0.3 is 5.97 Å². The fourth-order valence-electron chi connectivity index (χ4n) is 1.40. The molecule has 0 spiro atoms. The van der Waals surface area contributed by atoms with Crippen LogP contribution in [-0.4, -0.2) is 35.0 Å². The van der Waals surface area contributed by atoms with E-state index < -0.39 is 5.97 Å². The summed E-state index contributed by atoms with van der Waals surface area (Å²) in [5.41, 5.74) is -0.335. The van der Waals surface area contributed by atoms with Gasteiger partial charge in [-0.25, -0.2) is 0 Å². The highest BCUT2D eigenvalue weighted by molar-refractivity contribution is 5.85. The molecule has 0 aliphatic carbocycles. The zero-order valence-corrected chi connectivity index (χ0v) is 11.4. The van der Waals surface area contributed by atoms with Gasteiger partial charge in [-0.1, -0.05) is 6.92 Å². The number of carboxylic acid groups (broad SMARTS) is 1. The van der Waals surface area contributed by atoms with Crippen LogP contribution in [0.3, 0.4) is 0 Å². The Kier molecular flexibility index (Phi) is 6.36. The Morgan fingerprint density at radius 1 is 1.11 bits per heavy atom. The predicted octanol–water partition coefficient (Wildman–Crippen LogP) is 0.518. The Morgan fingerprint density at radius 2 is 1.67 bits per heavy atom. The van der Waals surface area contributed by atoms with Crippen molar-refractivity contribution in [1.82, 2.24) is 10.6 Å². The first-order chi connectivity index (χ1) is 8.10. The smallest absolute Gasteiger partial charge is 0.303 e. The fraction of sp³-hybridized carbons (Fsp3) is 0.750. The zero-order chi connectivity index (χ0) is 14.3. The van der Waals surface area contributed by atoms with Crippen LogP contribution in [0.25, 0.3) is 0 Å². The first-order valence-corrected chi connectivity index (χ1v) is 5.89. The van der Waals surface area contributed by atoms with Gasteiger partial charge in [0.25, 0.3) is 0 Å². The lowest BCUT2D eigenvalue weighted by Gasteiger charge is -2.20. The van der Waals surface area contributed by atoms with E-state index in [4.69, 9.17) is 5.11 Å². The molecule has 0 radical (unpaired) electrons. The van der Waals surface area contributed by atoms with E-state index in [2.05, 4.69) is 10.6 Å². The van der Waals surface area contributed by atoms with Crippen molar-refractivity contribution in [1.29, 1.82) is 0 Å². The first kappa shape index (κ1) is 16.4. The number of rotatable bonds is 6. The fourth-order valence-corrected chi connectivity index (χ4v) is 1.40. The van der Waals surface area contributed by atoms with E-state index in [0.717, 1.165) is 0 Å². The van der Waals surface area contributed by atoms with Crippen molar-refractivity contribution in [3.8, 4) is 0 Å². The quantitative estimate of drug-likeness (QED) is 0.647. The van der Waals surface area contributed by atoms with Crippen molar-refractivity contribution in [2.24, 2.45) is 5.92 Å². The molecule has 104 valence electrons. The van der Waals surface area contributed by atoms with Crippen molar-refractivity contribution in [3.63, 3.8) is 0 Å². The van der Waals surface area contributed by atoms with Crippen LogP contribution in [0.2, 0.25) is 0 Å². The van der Waals surface area contributed by atoms with Crippen molar-refractivity contribution >= 4 is 17.8 Å². The molecule has 0 aliphatic rings. The topological polar surface area (TPSA) is 95.5 Å². The Balaban J connectivity index is 3.90. The minimum Gasteiger partial charge on any atom is -0.481 e. The number of nitrogens with one attached hydrogen (secondary N) is 2. The van der Waals surface area contributed by atoms with Crippen LogP contribution in [-0.2, 0) is 14.4 Å². The summed E-state index contributed by atoms with van der Waals surface area (Å²) in [6.07, 6.45) is 0.0523. The highest BCUT2D eigenvalue weighted by atomic mass is 16.4. The van der Waals surface area contributed by atoms with E-state index >= 15 is 0 Å². The second-order valence-corrected chi connectivity index (χ2v) is 5.48. The van der Waals surface area contributed by atoms with E-state index in [0.29, 0.717) is 0 Å². The Morgan fingerprint density at radius 3 is 2.11 bits per heavy atom. The summed E-state index contributed by atoms with van der Waals surface area (Å²) in [7, 11) is 0. The summed E-state index contributed by atoms with van der Waals surface area (Å²) >= 11 is 0. The molecule has 1 atom stereocenters. The number of hydrogen-bond donors (Lipinski definition) is 3. The SMILES string of the molecule is CC(CC(=O)O)CC(=O)NCC(=O)NC(C)(C)C. The zero-order valence-electron chi connectivity index (χ0n) is 11.4. The molecule has 3 N–H and O–H groups in total. The molecule has 0 rings (SSSR count). The summed E-state index contributed by atoms with van der Waals surface area (Å²) in [6.45, 7) is 7.14. The average Bonchev–Trinajstić information content (AvgIpc) is 2.10. The Hall–Kier alpha value is -1.59. The van der Waals surface area contributed by atoms with Gasteiger partial charge in [-0.15, -0.1) is 0 Å². The van der Waals surface area contributed by atoms with Gasteiger partial charge in [-0.2, -0.15) is 0 Å². The van der Waals surface area contributed by atoms with E-state index in [1.807, 2.05) is 20.8 Å². The standard InChI is InChI=1S/C12H22N2O4/c1-8(6-11(17)18)5-9(15)13-7-10(16)14-12(2,3)4/h8H,5-7H2,1-4H3,(H,13,15)(H,14,16)(H,17,18). The van der Waals surface area contributed by atoms with Gasteiger partial charge in [-0.3, -0.25) is 14.4 Å². The highest BCUT2D eigenvalue weighted by Gasteiger charge is 2.16. The van der Waals surface area contributed by atoms with Gasteiger partial charge in [0.05, 0.1) is 6.54 Å². The maximum atomic E-state index is 11.4. The average molecular weight is 258 g/mol. The molecule has 0 fully saturated rings. The van der Waals surface area contributed by atoms with Crippen LogP contribution >= 0.6 is 0 Å². The lowest BCUT2D eigenvalue weighted by Crippen LogP contribution is -2.46. The highest BCUT2D eigenvalue weighted by Crippen LogP contribution is 2.06. The van der Waals surface area contributed by atoms with Gasteiger partial charge in [0.2, 0.25) is 11.8 Å². The van der Waals surface area contributed by atoms with Gasteiger partial charge < -0.3 is 15.7 Å². The summed E-state index contributed by atoms with van der Waals surface area (Å²) in [5, 5.41) is 13.7. The molecule has 0 aromatic rings. The second-order valence-electron chi connectivity index (χ2n) is 5.48. The van der Waals surface area contributed by atoms with Gasteiger partial charge in [0.15, 0.2) is 0 Å². The molecule has 0 aromatic heterocycles. The summed E-state index contributed by atoms with van der Waals surface area (Å²) < 4.78 is 0. The maximum absolute atomic E-state index is 11.4. The third kappa shape index (κ3) is 9.62. The number of amides is 2. The number of carboxylic acids is 1. The van der Waals surface area contributed by atoms with E-state index in [9.17, 15) is 14.4 Å². The molecule has 18 heavy (non-hydrogen) atoms. The Labute approximate surface area is 107 Å². The van der Waals surface area contributed by atoms with Crippen LogP contribution in [0, 0.1) is 5.92 Å². The summed E-state index contributed by atoms with van der Waals surface area (Å²) in [6, 6.07) is 0. The predicted molar refractivity (Wildman–Crippen MR) is 66.9 cm³/mol. The van der Waals surface area contributed by atoms with E-state index in [1.54, 1.807) is 6.92 Å². The van der Waals surface area contributed by atoms with Crippen LogP contribution in [0.1, 0.15) is 40.5 Å².